The van der Waals surface area contributed by atoms with E-state index >= 15 is 0 Å². The fraction of sp³-hybridized carbons (Fsp3) is 0.611. The molecule has 2 fully saturated rings. The van der Waals surface area contributed by atoms with Gasteiger partial charge in [-0.1, -0.05) is 50.1 Å². The van der Waals surface area contributed by atoms with Gasteiger partial charge in [0.1, 0.15) is 0 Å². The summed E-state index contributed by atoms with van der Waals surface area (Å²) in [6, 6.07) is 10.3. The monoisotopic (exact) mass is 287 g/mol. The SMILES string of the molecule is CC1CCCCC1C(=O)N(Cc1ccccc1)CC1CO1. The van der Waals surface area contributed by atoms with Crippen molar-refractivity contribution in [3.05, 3.63) is 35.9 Å². The first kappa shape index (κ1) is 14.6. The van der Waals surface area contributed by atoms with Crippen molar-refractivity contribution < 1.29 is 9.53 Å². The van der Waals surface area contributed by atoms with Gasteiger partial charge in [0.05, 0.1) is 12.7 Å². The van der Waals surface area contributed by atoms with Crippen LogP contribution in [0.1, 0.15) is 38.2 Å². The van der Waals surface area contributed by atoms with Gasteiger partial charge in [0.2, 0.25) is 5.91 Å². The normalized spacial score (nSPS) is 28.1. The van der Waals surface area contributed by atoms with Crippen LogP contribution in [-0.4, -0.2) is 30.1 Å². The molecule has 1 aromatic rings. The Kier molecular flexibility index (Phi) is 4.59. The molecule has 0 N–H and O–H groups in total. The van der Waals surface area contributed by atoms with Gasteiger partial charge in [0.15, 0.2) is 0 Å². The minimum Gasteiger partial charge on any atom is -0.371 e. The first-order valence-corrected chi connectivity index (χ1v) is 8.18. The fourth-order valence-corrected chi connectivity index (χ4v) is 3.37. The lowest BCUT2D eigenvalue weighted by molar-refractivity contribution is -0.139. The summed E-state index contributed by atoms with van der Waals surface area (Å²) in [6.45, 7) is 4.49. The summed E-state index contributed by atoms with van der Waals surface area (Å²) in [5.74, 6) is 1.06. The second-order valence-corrected chi connectivity index (χ2v) is 6.53. The lowest BCUT2D eigenvalue weighted by atomic mass is 9.79. The van der Waals surface area contributed by atoms with Crippen LogP contribution in [-0.2, 0) is 16.1 Å². The quantitative estimate of drug-likeness (QED) is 0.779. The summed E-state index contributed by atoms with van der Waals surface area (Å²) in [6.07, 6.45) is 4.97. The van der Waals surface area contributed by atoms with Gasteiger partial charge in [-0.05, 0) is 24.3 Å². The number of nitrogens with zero attached hydrogens (tertiary/aromatic N) is 1. The Morgan fingerprint density at radius 1 is 1.24 bits per heavy atom. The molecule has 3 rings (SSSR count). The largest absolute Gasteiger partial charge is 0.371 e. The van der Waals surface area contributed by atoms with Crippen molar-refractivity contribution in [3.8, 4) is 0 Å². The molecule has 1 saturated heterocycles. The van der Waals surface area contributed by atoms with Crippen molar-refractivity contribution in [2.24, 2.45) is 11.8 Å². The van der Waals surface area contributed by atoms with E-state index in [2.05, 4.69) is 19.1 Å². The molecule has 1 saturated carbocycles. The van der Waals surface area contributed by atoms with Crippen LogP contribution in [0.4, 0.5) is 0 Å². The number of carbonyl (C=O) groups is 1. The Hall–Kier alpha value is -1.35. The maximum absolute atomic E-state index is 12.9. The van der Waals surface area contributed by atoms with Crippen molar-refractivity contribution in [2.75, 3.05) is 13.2 Å². The Balaban J connectivity index is 1.69. The molecule has 3 unspecified atom stereocenters. The molecule has 0 aromatic heterocycles. The molecule has 1 heterocycles. The smallest absolute Gasteiger partial charge is 0.226 e. The number of hydrogen-bond acceptors (Lipinski definition) is 2. The van der Waals surface area contributed by atoms with Gasteiger partial charge in [0, 0.05) is 19.0 Å². The standard InChI is InChI=1S/C18H25NO2/c1-14-7-5-6-10-17(14)18(20)19(12-16-13-21-16)11-15-8-3-2-4-9-15/h2-4,8-9,14,16-17H,5-7,10-13H2,1H3. The molecule has 1 aliphatic heterocycles. The van der Waals surface area contributed by atoms with E-state index < -0.39 is 0 Å². The summed E-state index contributed by atoms with van der Waals surface area (Å²) in [7, 11) is 0. The van der Waals surface area contributed by atoms with Gasteiger partial charge in [-0.15, -0.1) is 0 Å². The molecule has 0 spiro atoms. The Morgan fingerprint density at radius 2 is 1.95 bits per heavy atom. The van der Waals surface area contributed by atoms with E-state index in [4.69, 9.17) is 4.74 Å². The van der Waals surface area contributed by atoms with Crippen LogP contribution in [0.15, 0.2) is 30.3 Å². The summed E-state index contributed by atoms with van der Waals surface area (Å²) in [5, 5.41) is 0. The highest BCUT2D eigenvalue weighted by Gasteiger charge is 2.34. The van der Waals surface area contributed by atoms with Gasteiger partial charge in [-0.2, -0.15) is 0 Å². The number of rotatable bonds is 5. The van der Waals surface area contributed by atoms with Crippen LogP contribution in [0.2, 0.25) is 0 Å². The molecule has 1 aromatic carbocycles. The molecule has 3 atom stereocenters. The van der Waals surface area contributed by atoms with E-state index in [1.807, 2.05) is 23.1 Å². The zero-order chi connectivity index (χ0) is 14.7. The van der Waals surface area contributed by atoms with Crippen LogP contribution in [0.3, 0.4) is 0 Å². The molecule has 3 heteroatoms. The van der Waals surface area contributed by atoms with Crippen LogP contribution >= 0.6 is 0 Å². The molecule has 0 radical (unpaired) electrons. The van der Waals surface area contributed by atoms with E-state index in [-0.39, 0.29) is 12.0 Å². The predicted octanol–water partition coefficient (Wildman–Crippen LogP) is 3.24. The van der Waals surface area contributed by atoms with Crippen LogP contribution in [0.5, 0.6) is 0 Å². The molecule has 1 amide bonds. The highest BCUT2D eigenvalue weighted by atomic mass is 16.6. The second-order valence-electron chi connectivity index (χ2n) is 6.53. The number of epoxide rings is 1. The van der Waals surface area contributed by atoms with Crippen molar-refractivity contribution >= 4 is 5.91 Å². The molecule has 21 heavy (non-hydrogen) atoms. The summed E-state index contributed by atoms with van der Waals surface area (Å²) >= 11 is 0. The molecule has 114 valence electrons. The number of amides is 1. The molecule has 1 aliphatic carbocycles. The fourth-order valence-electron chi connectivity index (χ4n) is 3.37. The zero-order valence-corrected chi connectivity index (χ0v) is 12.8. The lowest BCUT2D eigenvalue weighted by Crippen LogP contribution is -2.41. The van der Waals surface area contributed by atoms with E-state index in [1.165, 1.54) is 24.8 Å². The number of carbonyl (C=O) groups excluding carboxylic acids is 1. The third-order valence-corrected chi connectivity index (χ3v) is 4.78. The van der Waals surface area contributed by atoms with E-state index in [0.717, 1.165) is 19.6 Å². The molecule has 3 nitrogen and oxygen atoms in total. The summed E-state index contributed by atoms with van der Waals surface area (Å²) in [4.78, 5) is 15.0. The second kappa shape index (κ2) is 6.61. The van der Waals surface area contributed by atoms with Crippen molar-refractivity contribution in [1.29, 1.82) is 0 Å². The van der Waals surface area contributed by atoms with Gasteiger partial charge >= 0.3 is 0 Å². The van der Waals surface area contributed by atoms with Crippen molar-refractivity contribution in [3.63, 3.8) is 0 Å². The minimum absolute atomic E-state index is 0.209. The average molecular weight is 287 g/mol. The minimum atomic E-state index is 0.209. The van der Waals surface area contributed by atoms with Crippen molar-refractivity contribution in [1.82, 2.24) is 4.90 Å². The average Bonchev–Trinajstić information content (AvgIpc) is 3.31. The zero-order valence-electron chi connectivity index (χ0n) is 12.8. The number of benzene rings is 1. The topological polar surface area (TPSA) is 32.8 Å². The Morgan fingerprint density at radius 3 is 2.62 bits per heavy atom. The third kappa shape index (κ3) is 3.85. The first-order chi connectivity index (χ1) is 10.2. The summed E-state index contributed by atoms with van der Waals surface area (Å²) in [5.41, 5.74) is 1.20. The molecule has 0 bridgehead atoms. The molecular weight excluding hydrogens is 262 g/mol. The van der Waals surface area contributed by atoms with E-state index in [9.17, 15) is 4.79 Å². The van der Waals surface area contributed by atoms with Gasteiger partial charge < -0.3 is 9.64 Å². The van der Waals surface area contributed by atoms with Crippen LogP contribution in [0.25, 0.3) is 0 Å². The Labute approximate surface area is 127 Å². The highest BCUT2D eigenvalue weighted by molar-refractivity contribution is 5.79. The van der Waals surface area contributed by atoms with Gasteiger partial charge in [-0.25, -0.2) is 0 Å². The lowest BCUT2D eigenvalue weighted by Gasteiger charge is -2.33. The van der Waals surface area contributed by atoms with E-state index in [0.29, 0.717) is 18.4 Å². The Bertz CT molecular complexity index is 469. The predicted molar refractivity (Wildman–Crippen MR) is 82.7 cm³/mol. The maximum atomic E-state index is 12.9. The molecular formula is C18H25NO2. The van der Waals surface area contributed by atoms with Crippen LogP contribution in [0, 0.1) is 11.8 Å². The van der Waals surface area contributed by atoms with Gasteiger partial charge in [0.25, 0.3) is 0 Å². The first-order valence-electron chi connectivity index (χ1n) is 8.18. The maximum Gasteiger partial charge on any atom is 0.226 e. The summed E-state index contributed by atoms with van der Waals surface area (Å²) < 4.78 is 5.35. The molecule has 2 aliphatic rings. The van der Waals surface area contributed by atoms with Crippen LogP contribution < -0.4 is 0 Å². The highest BCUT2D eigenvalue weighted by Crippen LogP contribution is 2.31. The van der Waals surface area contributed by atoms with Crippen molar-refractivity contribution in [2.45, 2.75) is 45.3 Å². The van der Waals surface area contributed by atoms with E-state index in [1.54, 1.807) is 0 Å². The third-order valence-electron chi connectivity index (χ3n) is 4.78. The number of ether oxygens (including phenoxy) is 1. The number of hydrogen-bond donors (Lipinski definition) is 0. The van der Waals surface area contributed by atoms with Gasteiger partial charge in [-0.3, -0.25) is 4.79 Å².